The monoisotopic (exact) mass is 630 g/mol. The first kappa shape index (κ1) is 33.6. The summed E-state index contributed by atoms with van der Waals surface area (Å²) >= 11 is 6.08. The van der Waals surface area contributed by atoms with Crippen LogP contribution in [0.2, 0.25) is 5.02 Å². The van der Waals surface area contributed by atoms with Crippen LogP contribution in [0.5, 0.6) is 0 Å². The molecule has 3 aromatic carbocycles. The summed E-state index contributed by atoms with van der Waals surface area (Å²) < 4.78 is 32.0. The minimum Gasteiger partial charge on any atom is -0.480 e. The molecule has 0 radical (unpaired) electrons. The summed E-state index contributed by atoms with van der Waals surface area (Å²) in [5, 5.41) is 22.3. The standard InChI is InChI=1S/C31H35ClN2O8S/c1-20(34(30(39)42-31(2,3)4)19-27(35)23-6-5-7-24(32)17-23)16-21-8-12-25(13-9-21)43(40,41)26-14-10-22(11-15-26)29(38)33-18-28(36)37/h5-15,17,20,27,35H,16,18-19H2,1-4H3,(H,33,38)(H,36,37)/t20-,27+/m1/s1. The molecule has 0 aliphatic carbocycles. The molecule has 43 heavy (non-hydrogen) atoms. The second-order valence-corrected chi connectivity index (χ2v) is 13.4. The van der Waals surface area contributed by atoms with E-state index in [1.165, 1.54) is 41.3 Å². The van der Waals surface area contributed by atoms with Gasteiger partial charge >= 0.3 is 12.1 Å². The van der Waals surface area contributed by atoms with E-state index in [9.17, 15) is 27.9 Å². The number of hydrogen-bond acceptors (Lipinski definition) is 7. The molecule has 12 heteroatoms. The molecule has 3 N–H and O–H groups in total. The molecule has 0 unspecified atom stereocenters. The van der Waals surface area contributed by atoms with Crippen LogP contribution in [-0.4, -0.2) is 66.2 Å². The maximum atomic E-state index is 13.2. The summed E-state index contributed by atoms with van der Waals surface area (Å²) in [5.74, 6) is -1.83. The van der Waals surface area contributed by atoms with Gasteiger partial charge in [0.2, 0.25) is 9.84 Å². The molecule has 230 valence electrons. The summed E-state index contributed by atoms with van der Waals surface area (Å²) in [5.41, 5.74) is 0.672. The molecule has 0 saturated heterocycles. The van der Waals surface area contributed by atoms with Crippen LogP contribution >= 0.6 is 11.6 Å². The zero-order valence-electron chi connectivity index (χ0n) is 24.3. The van der Waals surface area contributed by atoms with E-state index in [0.717, 1.165) is 5.56 Å². The number of benzene rings is 3. The van der Waals surface area contributed by atoms with Crippen LogP contribution in [0, 0.1) is 0 Å². The topological polar surface area (TPSA) is 150 Å². The molecule has 0 heterocycles. The van der Waals surface area contributed by atoms with E-state index in [-0.39, 0.29) is 21.9 Å². The Bertz CT molecular complexity index is 1550. The lowest BCUT2D eigenvalue weighted by atomic mass is 10.0. The molecule has 0 aliphatic heterocycles. The molecule has 3 aromatic rings. The fourth-order valence-corrected chi connectivity index (χ4v) is 5.66. The first-order valence-electron chi connectivity index (χ1n) is 13.4. The van der Waals surface area contributed by atoms with Crippen molar-refractivity contribution in [3.8, 4) is 0 Å². The molecule has 2 amide bonds. The summed E-state index contributed by atoms with van der Waals surface area (Å²) in [7, 11) is -3.91. The van der Waals surface area contributed by atoms with E-state index in [1.54, 1.807) is 57.2 Å². The fraction of sp³-hybridized carbons (Fsp3) is 0.323. The SMILES string of the molecule is C[C@H](Cc1ccc(S(=O)(=O)c2ccc(C(=O)NCC(=O)O)cc2)cc1)N(C[C@H](O)c1cccc(Cl)c1)C(=O)OC(C)(C)C. The van der Waals surface area contributed by atoms with Crippen molar-refractivity contribution >= 4 is 39.4 Å². The van der Waals surface area contributed by atoms with E-state index in [0.29, 0.717) is 17.0 Å². The number of carbonyl (C=O) groups excluding carboxylic acids is 2. The van der Waals surface area contributed by atoms with Crippen LogP contribution in [0.3, 0.4) is 0 Å². The first-order valence-corrected chi connectivity index (χ1v) is 15.3. The van der Waals surface area contributed by atoms with Crippen molar-refractivity contribution in [2.24, 2.45) is 0 Å². The number of carboxylic acid groups (broad SMARTS) is 1. The largest absolute Gasteiger partial charge is 0.480 e. The average Bonchev–Trinajstić information content (AvgIpc) is 2.93. The van der Waals surface area contributed by atoms with Crippen LogP contribution < -0.4 is 5.32 Å². The Morgan fingerprint density at radius 3 is 2.09 bits per heavy atom. The number of carbonyl (C=O) groups is 3. The van der Waals surface area contributed by atoms with Gasteiger partial charge in [0.05, 0.1) is 22.4 Å². The number of halogens is 1. The van der Waals surface area contributed by atoms with Crippen LogP contribution in [0.4, 0.5) is 4.79 Å². The quantitative estimate of drug-likeness (QED) is 0.271. The van der Waals surface area contributed by atoms with Gasteiger partial charge < -0.3 is 25.2 Å². The molecular weight excluding hydrogens is 596 g/mol. The molecule has 0 fully saturated rings. The second-order valence-electron chi connectivity index (χ2n) is 11.0. The number of nitrogens with zero attached hydrogens (tertiary/aromatic N) is 1. The Morgan fingerprint density at radius 1 is 0.977 bits per heavy atom. The molecular formula is C31H35ClN2O8S. The van der Waals surface area contributed by atoms with Crippen molar-refractivity contribution in [3.05, 3.63) is 94.5 Å². The molecule has 3 rings (SSSR count). The number of ether oxygens (including phenoxy) is 1. The Balaban J connectivity index is 1.76. The predicted molar refractivity (Wildman–Crippen MR) is 161 cm³/mol. The highest BCUT2D eigenvalue weighted by Gasteiger charge is 2.29. The lowest BCUT2D eigenvalue weighted by molar-refractivity contribution is -0.135. The average molecular weight is 631 g/mol. The number of nitrogens with one attached hydrogen (secondary N) is 1. The highest BCUT2D eigenvalue weighted by atomic mass is 35.5. The van der Waals surface area contributed by atoms with Gasteiger partial charge in [-0.25, -0.2) is 13.2 Å². The molecule has 0 aliphatic rings. The fourth-order valence-electron chi connectivity index (χ4n) is 4.20. The zero-order chi connectivity index (χ0) is 31.9. The predicted octanol–water partition coefficient (Wildman–Crippen LogP) is 4.89. The van der Waals surface area contributed by atoms with E-state index in [2.05, 4.69) is 5.32 Å². The number of aliphatic carboxylic acids is 1. The highest BCUT2D eigenvalue weighted by molar-refractivity contribution is 7.91. The van der Waals surface area contributed by atoms with E-state index >= 15 is 0 Å². The van der Waals surface area contributed by atoms with E-state index in [1.807, 2.05) is 6.92 Å². The maximum Gasteiger partial charge on any atom is 0.410 e. The van der Waals surface area contributed by atoms with Crippen molar-refractivity contribution in [2.45, 2.75) is 61.7 Å². The number of amides is 2. The molecule has 0 saturated carbocycles. The third-order valence-electron chi connectivity index (χ3n) is 6.35. The Morgan fingerprint density at radius 2 is 1.56 bits per heavy atom. The third-order valence-corrected chi connectivity index (χ3v) is 8.38. The number of rotatable bonds is 11. The van der Waals surface area contributed by atoms with E-state index < -0.39 is 52.1 Å². The number of hydrogen-bond donors (Lipinski definition) is 3. The molecule has 2 atom stereocenters. The van der Waals surface area contributed by atoms with Gasteiger partial charge in [0.1, 0.15) is 12.1 Å². The van der Waals surface area contributed by atoms with Crippen LogP contribution in [0.1, 0.15) is 55.3 Å². The van der Waals surface area contributed by atoms with Gasteiger partial charge in [0, 0.05) is 16.6 Å². The third kappa shape index (κ3) is 9.54. The van der Waals surface area contributed by atoms with Gasteiger partial charge in [-0.05, 0) is 93.8 Å². The van der Waals surface area contributed by atoms with Crippen LogP contribution in [0.15, 0.2) is 82.6 Å². The van der Waals surface area contributed by atoms with Crippen molar-refractivity contribution in [1.82, 2.24) is 10.2 Å². The lowest BCUT2D eigenvalue weighted by Crippen LogP contribution is -2.45. The Kier molecular flexibility index (Phi) is 11.0. The summed E-state index contributed by atoms with van der Waals surface area (Å²) in [4.78, 5) is 37.3. The van der Waals surface area contributed by atoms with Crippen LogP contribution in [0.25, 0.3) is 0 Å². The van der Waals surface area contributed by atoms with Gasteiger partial charge in [-0.1, -0.05) is 35.9 Å². The highest BCUT2D eigenvalue weighted by Crippen LogP contribution is 2.25. The molecule has 0 bridgehead atoms. The van der Waals surface area contributed by atoms with E-state index in [4.69, 9.17) is 21.4 Å². The zero-order valence-corrected chi connectivity index (χ0v) is 25.9. The molecule has 10 nitrogen and oxygen atoms in total. The van der Waals surface area contributed by atoms with Crippen molar-refractivity contribution in [2.75, 3.05) is 13.1 Å². The van der Waals surface area contributed by atoms with Gasteiger partial charge in [-0.15, -0.1) is 0 Å². The lowest BCUT2D eigenvalue weighted by Gasteiger charge is -2.33. The molecule has 0 aromatic heterocycles. The molecule has 0 spiro atoms. The number of sulfone groups is 1. The van der Waals surface area contributed by atoms with Crippen molar-refractivity contribution < 1.29 is 37.8 Å². The number of aliphatic hydroxyl groups excluding tert-OH is 1. The van der Waals surface area contributed by atoms with Crippen LogP contribution in [-0.2, 0) is 25.8 Å². The maximum absolute atomic E-state index is 13.2. The Labute approximate surface area is 256 Å². The van der Waals surface area contributed by atoms with Gasteiger partial charge in [0.25, 0.3) is 5.91 Å². The van der Waals surface area contributed by atoms with Crippen molar-refractivity contribution in [1.29, 1.82) is 0 Å². The minimum absolute atomic E-state index is 0.0329. The smallest absolute Gasteiger partial charge is 0.410 e. The number of aliphatic hydroxyl groups is 1. The summed E-state index contributed by atoms with van der Waals surface area (Å²) in [6.45, 7) is 6.47. The van der Waals surface area contributed by atoms with Gasteiger partial charge in [-0.2, -0.15) is 0 Å². The Hall–Kier alpha value is -3.93. The normalized spacial score (nSPS) is 13.1. The minimum atomic E-state index is -3.91. The first-order chi connectivity index (χ1) is 20.1. The second kappa shape index (κ2) is 14.0. The summed E-state index contributed by atoms with van der Waals surface area (Å²) in [6, 6.07) is 17.7. The van der Waals surface area contributed by atoms with Gasteiger partial charge in [-0.3, -0.25) is 9.59 Å². The number of carboxylic acids is 1. The van der Waals surface area contributed by atoms with Gasteiger partial charge in [0.15, 0.2) is 0 Å². The van der Waals surface area contributed by atoms with Crippen molar-refractivity contribution in [3.63, 3.8) is 0 Å². The summed E-state index contributed by atoms with van der Waals surface area (Å²) in [6.07, 6.45) is -1.27.